The molecule has 0 amide bonds. The lowest BCUT2D eigenvalue weighted by molar-refractivity contribution is 0.0998. The van der Waals surface area contributed by atoms with E-state index in [1.807, 2.05) is 6.92 Å². The molecule has 92 valence electrons. The molecule has 2 bridgehead atoms. The Morgan fingerprint density at radius 1 is 1.35 bits per heavy atom. The Labute approximate surface area is 107 Å². The fraction of sp³-hybridized carbons (Fsp3) is 0.692. The van der Waals surface area contributed by atoms with Crippen molar-refractivity contribution < 1.29 is 4.74 Å². The predicted molar refractivity (Wildman–Crippen MR) is 66.4 cm³/mol. The number of fused-ring (bicyclic) bond motifs is 2. The van der Waals surface area contributed by atoms with Crippen LogP contribution in [0.5, 0.6) is 0 Å². The van der Waals surface area contributed by atoms with Crippen LogP contribution in [-0.4, -0.2) is 22.2 Å². The fourth-order valence-corrected chi connectivity index (χ4v) is 3.42. The second kappa shape index (κ2) is 4.21. The second-order valence-electron chi connectivity index (χ2n) is 5.01. The molecule has 3 atom stereocenters. The first kappa shape index (κ1) is 11.4. The van der Waals surface area contributed by atoms with Gasteiger partial charge in [-0.3, -0.25) is 0 Å². The number of ether oxygens (including phenoxy) is 1. The maximum atomic E-state index is 6.22. The minimum atomic E-state index is 0.322. The van der Waals surface area contributed by atoms with E-state index in [1.165, 1.54) is 6.42 Å². The third kappa shape index (κ3) is 1.85. The molecule has 1 aromatic rings. The van der Waals surface area contributed by atoms with Crippen LogP contribution in [0, 0.1) is 6.92 Å². The van der Waals surface area contributed by atoms with E-state index < -0.39 is 0 Å². The average molecular weight is 253 g/mol. The highest BCUT2D eigenvalue weighted by molar-refractivity contribution is 6.30. The Hall–Kier alpha value is -0.670. The van der Waals surface area contributed by atoms with Gasteiger partial charge in [-0.1, -0.05) is 18.5 Å². The molecule has 2 aliphatic heterocycles. The third-order valence-electron chi connectivity index (χ3n) is 3.97. The van der Waals surface area contributed by atoms with Gasteiger partial charge >= 0.3 is 0 Å². The second-order valence-corrected chi connectivity index (χ2v) is 5.36. The Morgan fingerprint density at radius 2 is 2.18 bits per heavy atom. The molecular formula is C13H17ClN2O. The van der Waals surface area contributed by atoms with E-state index in [9.17, 15) is 0 Å². The maximum Gasteiger partial charge on any atom is 0.136 e. The summed E-state index contributed by atoms with van der Waals surface area (Å²) in [6, 6.07) is 0. The molecule has 2 saturated heterocycles. The quantitative estimate of drug-likeness (QED) is 0.759. The zero-order valence-corrected chi connectivity index (χ0v) is 11.0. The Morgan fingerprint density at radius 3 is 2.71 bits per heavy atom. The number of rotatable bonds is 2. The minimum absolute atomic E-state index is 0.322. The van der Waals surface area contributed by atoms with E-state index in [0.29, 0.717) is 23.3 Å². The first-order valence-electron chi connectivity index (χ1n) is 6.37. The van der Waals surface area contributed by atoms with Gasteiger partial charge < -0.3 is 4.74 Å². The normalized spacial score (nSPS) is 31.1. The van der Waals surface area contributed by atoms with Crippen molar-refractivity contribution in [3.63, 3.8) is 0 Å². The summed E-state index contributed by atoms with van der Waals surface area (Å²) >= 11 is 6.22. The monoisotopic (exact) mass is 252 g/mol. The Balaban J connectivity index is 1.94. The van der Waals surface area contributed by atoms with Crippen LogP contribution in [0.25, 0.3) is 0 Å². The maximum absolute atomic E-state index is 6.22. The van der Waals surface area contributed by atoms with Gasteiger partial charge in [-0.05, 0) is 32.6 Å². The van der Waals surface area contributed by atoms with E-state index >= 15 is 0 Å². The summed E-state index contributed by atoms with van der Waals surface area (Å²) in [6.07, 6.45) is 5.04. The van der Waals surface area contributed by atoms with Crippen molar-refractivity contribution in [1.29, 1.82) is 0 Å². The molecule has 17 heavy (non-hydrogen) atoms. The summed E-state index contributed by atoms with van der Waals surface area (Å²) in [6.45, 7) is 4.10. The zero-order chi connectivity index (χ0) is 12.0. The molecule has 4 heteroatoms. The highest BCUT2D eigenvalue weighted by Gasteiger charge is 2.43. The summed E-state index contributed by atoms with van der Waals surface area (Å²) in [5, 5.41) is 0.623. The van der Waals surface area contributed by atoms with Gasteiger partial charge in [-0.25, -0.2) is 9.97 Å². The van der Waals surface area contributed by atoms with Crippen LogP contribution in [0.3, 0.4) is 0 Å². The smallest absolute Gasteiger partial charge is 0.136 e. The first-order valence-corrected chi connectivity index (χ1v) is 6.75. The highest BCUT2D eigenvalue weighted by Crippen LogP contribution is 2.43. The van der Waals surface area contributed by atoms with Gasteiger partial charge in [0.05, 0.1) is 12.2 Å². The van der Waals surface area contributed by atoms with Gasteiger partial charge in [-0.15, -0.1) is 0 Å². The predicted octanol–water partition coefficient (Wildman–Crippen LogP) is 3.04. The van der Waals surface area contributed by atoms with Crippen molar-refractivity contribution in [2.45, 2.75) is 57.7 Å². The fourth-order valence-electron chi connectivity index (χ4n) is 3.06. The van der Waals surface area contributed by atoms with Crippen LogP contribution in [0.2, 0.25) is 5.15 Å². The van der Waals surface area contributed by atoms with Crippen LogP contribution in [0.4, 0.5) is 0 Å². The SMILES string of the molecule is CCc1c(C)nc(C2CC3CCC2O3)nc1Cl. The van der Waals surface area contributed by atoms with Crippen LogP contribution in [0.15, 0.2) is 0 Å². The topological polar surface area (TPSA) is 35.0 Å². The van der Waals surface area contributed by atoms with Crippen molar-refractivity contribution in [2.24, 2.45) is 0 Å². The standard InChI is InChI=1S/C13H17ClN2O/c1-3-9-7(2)15-13(16-12(9)14)10-6-8-4-5-11(10)17-8/h8,10-11H,3-6H2,1-2H3. The van der Waals surface area contributed by atoms with Crippen LogP contribution in [0.1, 0.15) is 49.2 Å². The molecule has 3 unspecified atom stereocenters. The molecule has 0 N–H and O–H groups in total. The van der Waals surface area contributed by atoms with Gasteiger partial charge in [0.1, 0.15) is 11.0 Å². The highest BCUT2D eigenvalue weighted by atomic mass is 35.5. The molecule has 3 heterocycles. The van der Waals surface area contributed by atoms with E-state index in [1.54, 1.807) is 0 Å². The summed E-state index contributed by atoms with van der Waals surface area (Å²) < 4.78 is 5.85. The lowest BCUT2D eigenvalue weighted by atomic mass is 9.88. The van der Waals surface area contributed by atoms with Gasteiger partial charge in [0, 0.05) is 17.2 Å². The number of hydrogen-bond acceptors (Lipinski definition) is 3. The molecule has 0 radical (unpaired) electrons. The largest absolute Gasteiger partial charge is 0.374 e. The van der Waals surface area contributed by atoms with Crippen molar-refractivity contribution in [3.8, 4) is 0 Å². The molecule has 3 nitrogen and oxygen atoms in total. The van der Waals surface area contributed by atoms with E-state index in [0.717, 1.165) is 36.3 Å². The molecule has 2 aliphatic rings. The number of nitrogens with zero attached hydrogens (tertiary/aromatic N) is 2. The van der Waals surface area contributed by atoms with Crippen molar-refractivity contribution >= 4 is 11.6 Å². The van der Waals surface area contributed by atoms with Gasteiger partial charge in [-0.2, -0.15) is 0 Å². The molecule has 0 spiro atoms. The zero-order valence-electron chi connectivity index (χ0n) is 10.2. The molecule has 0 aliphatic carbocycles. The molecule has 0 saturated carbocycles. The number of aryl methyl sites for hydroxylation is 1. The molecule has 1 aromatic heterocycles. The van der Waals surface area contributed by atoms with E-state index in [2.05, 4.69) is 16.9 Å². The average Bonchev–Trinajstić information content (AvgIpc) is 2.90. The molecular weight excluding hydrogens is 236 g/mol. The Kier molecular flexibility index (Phi) is 2.83. The molecule has 2 fully saturated rings. The summed E-state index contributed by atoms with van der Waals surface area (Å²) in [7, 11) is 0. The minimum Gasteiger partial charge on any atom is -0.374 e. The molecule has 0 aromatic carbocycles. The molecule has 3 rings (SSSR count). The van der Waals surface area contributed by atoms with Crippen LogP contribution < -0.4 is 0 Å². The van der Waals surface area contributed by atoms with Crippen molar-refractivity contribution in [2.75, 3.05) is 0 Å². The summed E-state index contributed by atoms with van der Waals surface area (Å²) in [5.74, 6) is 1.24. The Bertz CT molecular complexity index is 426. The third-order valence-corrected chi connectivity index (χ3v) is 4.28. The van der Waals surface area contributed by atoms with E-state index in [4.69, 9.17) is 16.3 Å². The van der Waals surface area contributed by atoms with Gasteiger partial charge in [0.2, 0.25) is 0 Å². The lowest BCUT2D eigenvalue weighted by Crippen LogP contribution is -2.18. The number of halogens is 1. The van der Waals surface area contributed by atoms with Crippen LogP contribution in [-0.2, 0) is 11.2 Å². The van der Waals surface area contributed by atoms with E-state index in [-0.39, 0.29) is 0 Å². The first-order chi connectivity index (χ1) is 8.19. The van der Waals surface area contributed by atoms with Gasteiger partial charge in [0.25, 0.3) is 0 Å². The van der Waals surface area contributed by atoms with Crippen molar-refractivity contribution in [3.05, 3.63) is 22.2 Å². The summed E-state index contributed by atoms with van der Waals surface area (Å²) in [4.78, 5) is 9.11. The van der Waals surface area contributed by atoms with Gasteiger partial charge in [0.15, 0.2) is 0 Å². The van der Waals surface area contributed by atoms with Crippen LogP contribution >= 0.6 is 11.6 Å². The number of aromatic nitrogens is 2. The number of hydrogen-bond donors (Lipinski definition) is 0. The van der Waals surface area contributed by atoms with Crippen molar-refractivity contribution in [1.82, 2.24) is 9.97 Å². The summed E-state index contributed by atoms with van der Waals surface area (Å²) in [5.41, 5.74) is 2.09. The lowest BCUT2D eigenvalue weighted by Gasteiger charge is -2.18.